The van der Waals surface area contributed by atoms with E-state index in [4.69, 9.17) is 5.11 Å². The minimum atomic E-state index is -0.710. The van der Waals surface area contributed by atoms with Gasteiger partial charge < -0.3 is 10.2 Å². The molecule has 0 unspecified atom stereocenters. The van der Waals surface area contributed by atoms with Crippen molar-refractivity contribution >= 4 is 5.97 Å². The number of hydrogen-bond donors (Lipinski definition) is 2. The average molecular weight is 296 g/mol. The largest absolute Gasteiger partial charge is 0.481 e. The van der Waals surface area contributed by atoms with E-state index in [0.29, 0.717) is 0 Å². The number of carboxylic acids is 1. The highest BCUT2D eigenvalue weighted by Crippen LogP contribution is 2.09. The van der Waals surface area contributed by atoms with Crippen LogP contribution < -0.4 is 0 Å². The van der Waals surface area contributed by atoms with E-state index in [1.54, 1.807) is 0 Å². The zero-order valence-corrected chi connectivity index (χ0v) is 13.5. The molecule has 21 heavy (non-hydrogen) atoms. The topological polar surface area (TPSA) is 57.5 Å². The highest BCUT2D eigenvalue weighted by atomic mass is 16.4. The second kappa shape index (κ2) is 15.3. The fourth-order valence-corrected chi connectivity index (χ4v) is 2.14. The predicted octanol–water partition coefficient (Wildman–Crippen LogP) is 4.86. The van der Waals surface area contributed by atoms with Crippen molar-refractivity contribution in [3.05, 3.63) is 24.3 Å². The third kappa shape index (κ3) is 16.9. The maximum Gasteiger partial charge on any atom is 0.303 e. The summed E-state index contributed by atoms with van der Waals surface area (Å²) in [4.78, 5) is 10.3. The second-order valence-electron chi connectivity index (χ2n) is 5.58. The zero-order valence-electron chi connectivity index (χ0n) is 13.5. The summed E-state index contributed by atoms with van der Waals surface area (Å²) < 4.78 is 0. The average Bonchev–Trinajstić information content (AvgIpc) is 2.45. The lowest BCUT2D eigenvalue weighted by Gasteiger charge is -2.04. The Morgan fingerprint density at radius 3 is 2.43 bits per heavy atom. The molecule has 0 radical (unpaired) electrons. The van der Waals surface area contributed by atoms with Crippen LogP contribution >= 0.6 is 0 Å². The summed E-state index contributed by atoms with van der Waals surface area (Å²) in [6, 6.07) is 0. The number of aliphatic carboxylic acids is 1. The van der Waals surface area contributed by atoms with Gasteiger partial charge in [-0.1, -0.05) is 69.8 Å². The van der Waals surface area contributed by atoms with Gasteiger partial charge in [-0.15, -0.1) is 0 Å². The molecule has 0 aromatic carbocycles. The molecule has 122 valence electrons. The maximum atomic E-state index is 10.3. The lowest BCUT2D eigenvalue weighted by atomic mass is 10.1. The molecule has 0 aromatic rings. The van der Waals surface area contributed by atoms with E-state index >= 15 is 0 Å². The van der Waals surface area contributed by atoms with Crippen LogP contribution in [0.15, 0.2) is 24.3 Å². The fourth-order valence-electron chi connectivity index (χ4n) is 2.14. The third-order valence-electron chi connectivity index (χ3n) is 3.45. The Morgan fingerprint density at radius 2 is 1.71 bits per heavy atom. The van der Waals surface area contributed by atoms with E-state index in [1.165, 1.54) is 19.3 Å². The molecule has 1 atom stereocenters. The normalized spacial score (nSPS) is 13.2. The molecule has 0 aliphatic rings. The first-order valence-electron chi connectivity index (χ1n) is 8.40. The van der Waals surface area contributed by atoms with Crippen LogP contribution in [0, 0.1) is 0 Å². The van der Waals surface area contributed by atoms with Crippen LogP contribution in [0.1, 0.15) is 77.6 Å². The number of carboxylic acid groups (broad SMARTS) is 1. The molecule has 0 spiro atoms. The van der Waals surface area contributed by atoms with E-state index < -0.39 is 5.97 Å². The van der Waals surface area contributed by atoms with Crippen molar-refractivity contribution in [2.24, 2.45) is 0 Å². The second-order valence-corrected chi connectivity index (χ2v) is 5.58. The first-order chi connectivity index (χ1) is 10.2. The smallest absolute Gasteiger partial charge is 0.303 e. The lowest BCUT2D eigenvalue weighted by molar-refractivity contribution is -0.137. The monoisotopic (exact) mass is 296 g/mol. The van der Waals surface area contributed by atoms with Crippen molar-refractivity contribution in [2.45, 2.75) is 83.7 Å². The number of rotatable bonds is 14. The van der Waals surface area contributed by atoms with Gasteiger partial charge in [-0.2, -0.15) is 0 Å². The van der Waals surface area contributed by atoms with Crippen LogP contribution in [-0.2, 0) is 4.79 Å². The maximum absolute atomic E-state index is 10.3. The number of allylic oxidation sites excluding steroid dienone is 3. The third-order valence-corrected chi connectivity index (χ3v) is 3.45. The molecule has 0 fully saturated rings. The van der Waals surface area contributed by atoms with Gasteiger partial charge in [0.15, 0.2) is 0 Å². The van der Waals surface area contributed by atoms with Crippen LogP contribution in [-0.4, -0.2) is 22.3 Å². The Hall–Kier alpha value is -1.09. The van der Waals surface area contributed by atoms with Crippen molar-refractivity contribution in [1.82, 2.24) is 0 Å². The molecule has 0 saturated heterocycles. The van der Waals surface area contributed by atoms with Crippen LogP contribution in [0.25, 0.3) is 0 Å². The summed E-state index contributed by atoms with van der Waals surface area (Å²) in [6.45, 7) is 2.20. The van der Waals surface area contributed by atoms with Crippen molar-refractivity contribution in [2.75, 3.05) is 0 Å². The van der Waals surface area contributed by atoms with Crippen molar-refractivity contribution in [1.29, 1.82) is 0 Å². The number of hydrogen-bond acceptors (Lipinski definition) is 2. The lowest BCUT2D eigenvalue weighted by Crippen LogP contribution is -2.01. The summed E-state index contributed by atoms with van der Waals surface area (Å²) in [5.74, 6) is -0.710. The predicted molar refractivity (Wildman–Crippen MR) is 88.4 cm³/mol. The van der Waals surface area contributed by atoms with Gasteiger partial charge in [-0.25, -0.2) is 0 Å². The molecule has 3 nitrogen and oxygen atoms in total. The van der Waals surface area contributed by atoms with E-state index in [0.717, 1.165) is 44.9 Å². The van der Waals surface area contributed by atoms with Gasteiger partial charge in [-0.3, -0.25) is 4.79 Å². The number of aliphatic hydroxyl groups excluding tert-OH is 1. The van der Waals surface area contributed by atoms with Gasteiger partial charge in [0.2, 0.25) is 0 Å². The van der Waals surface area contributed by atoms with E-state index in [1.807, 2.05) is 18.2 Å². The first kappa shape index (κ1) is 19.9. The molecule has 0 bridgehead atoms. The van der Waals surface area contributed by atoms with Gasteiger partial charge in [0.05, 0.1) is 6.10 Å². The highest BCUT2D eigenvalue weighted by Gasteiger charge is 1.99. The van der Waals surface area contributed by atoms with Crippen LogP contribution in [0.3, 0.4) is 0 Å². The molecule has 0 rings (SSSR count). The Bertz CT molecular complexity index is 295. The van der Waals surface area contributed by atoms with Gasteiger partial charge in [0, 0.05) is 6.42 Å². The van der Waals surface area contributed by atoms with Crippen LogP contribution in [0.2, 0.25) is 0 Å². The molecule has 0 heterocycles. The summed E-state index contributed by atoms with van der Waals surface area (Å²) in [5, 5.41) is 18.3. The molecular weight excluding hydrogens is 264 g/mol. The standard InChI is InChI=1S/C18H32O3/c1-2-3-4-5-6-8-11-14-17(19)15-12-9-7-10-13-16-18(20)21/h6,8,11,14,17,19H,2-5,7,9-10,12-13,15-16H2,1H3,(H,20,21)/b8-6-,14-11+/t17-/m1/s1. The van der Waals surface area contributed by atoms with Crippen molar-refractivity contribution in [3.8, 4) is 0 Å². The Labute approximate surface area is 129 Å². The highest BCUT2D eigenvalue weighted by molar-refractivity contribution is 5.66. The molecule has 2 N–H and O–H groups in total. The SMILES string of the molecule is CCCCC/C=C\C=C\[C@@H](O)CCCCCCCC(=O)O. The summed E-state index contributed by atoms with van der Waals surface area (Å²) >= 11 is 0. The molecule has 0 aliphatic carbocycles. The Balaban J connectivity index is 3.40. The molecule has 3 heteroatoms. The number of carbonyl (C=O) groups is 1. The summed E-state index contributed by atoms with van der Waals surface area (Å²) in [5.41, 5.74) is 0. The van der Waals surface area contributed by atoms with Gasteiger partial charge in [0.25, 0.3) is 0 Å². The molecule has 0 aliphatic heterocycles. The summed E-state index contributed by atoms with van der Waals surface area (Å²) in [7, 11) is 0. The van der Waals surface area contributed by atoms with E-state index in [2.05, 4.69) is 13.0 Å². The van der Waals surface area contributed by atoms with E-state index in [-0.39, 0.29) is 12.5 Å². The quantitative estimate of drug-likeness (QED) is 0.355. The number of aliphatic hydroxyl groups is 1. The fraction of sp³-hybridized carbons (Fsp3) is 0.722. The molecule has 0 amide bonds. The Morgan fingerprint density at radius 1 is 1.00 bits per heavy atom. The minimum absolute atomic E-state index is 0.274. The molecular formula is C18H32O3. The number of unbranched alkanes of at least 4 members (excludes halogenated alkanes) is 7. The van der Waals surface area contributed by atoms with Gasteiger partial charge in [0.1, 0.15) is 0 Å². The Kier molecular flexibility index (Phi) is 14.5. The first-order valence-corrected chi connectivity index (χ1v) is 8.40. The van der Waals surface area contributed by atoms with E-state index in [9.17, 15) is 9.90 Å². The van der Waals surface area contributed by atoms with Gasteiger partial charge in [-0.05, 0) is 25.7 Å². The van der Waals surface area contributed by atoms with Crippen molar-refractivity contribution < 1.29 is 15.0 Å². The van der Waals surface area contributed by atoms with Crippen molar-refractivity contribution in [3.63, 3.8) is 0 Å². The zero-order chi connectivity index (χ0) is 15.8. The molecule has 0 aromatic heterocycles. The minimum Gasteiger partial charge on any atom is -0.481 e. The van der Waals surface area contributed by atoms with Crippen LogP contribution in [0.4, 0.5) is 0 Å². The molecule has 0 saturated carbocycles. The van der Waals surface area contributed by atoms with Crippen LogP contribution in [0.5, 0.6) is 0 Å². The van der Waals surface area contributed by atoms with Gasteiger partial charge >= 0.3 is 5.97 Å². The summed E-state index contributed by atoms with van der Waals surface area (Å²) in [6.07, 6.45) is 18.4.